The molecule has 3 amide bonds. The zero-order valence-electron chi connectivity index (χ0n) is 10.1. The summed E-state index contributed by atoms with van der Waals surface area (Å²) in [5.74, 6) is -1.86. The van der Waals surface area contributed by atoms with E-state index in [1.165, 1.54) is 13.8 Å². The summed E-state index contributed by atoms with van der Waals surface area (Å²) in [5.41, 5.74) is -0.273. The predicted octanol–water partition coefficient (Wildman–Crippen LogP) is 0.786. The summed E-state index contributed by atoms with van der Waals surface area (Å²) in [6, 6.07) is -0.590. The van der Waals surface area contributed by atoms with Crippen molar-refractivity contribution >= 4 is 17.9 Å². The lowest BCUT2D eigenvalue weighted by Gasteiger charge is -2.12. The van der Waals surface area contributed by atoms with Gasteiger partial charge in [-0.2, -0.15) is 0 Å². The van der Waals surface area contributed by atoms with Gasteiger partial charge in [0.1, 0.15) is 0 Å². The molecule has 0 saturated heterocycles. The van der Waals surface area contributed by atoms with Gasteiger partial charge >= 0.3 is 12.0 Å². The van der Waals surface area contributed by atoms with Crippen molar-refractivity contribution in [1.82, 2.24) is 10.6 Å². The van der Waals surface area contributed by atoms with E-state index in [9.17, 15) is 14.4 Å². The van der Waals surface area contributed by atoms with E-state index in [-0.39, 0.29) is 16.7 Å². The third-order valence-electron chi connectivity index (χ3n) is 2.87. The molecule has 0 aliphatic heterocycles. The van der Waals surface area contributed by atoms with Crippen LogP contribution in [0.4, 0.5) is 4.79 Å². The molecule has 1 fully saturated rings. The van der Waals surface area contributed by atoms with Gasteiger partial charge in [0.25, 0.3) is 5.91 Å². The third-order valence-corrected chi connectivity index (χ3v) is 2.87. The smallest absolute Gasteiger partial charge is 0.331 e. The van der Waals surface area contributed by atoms with Gasteiger partial charge in [-0.15, -0.1) is 0 Å². The first-order chi connectivity index (χ1) is 7.75. The fourth-order valence-electron chi connectivity index (χ4n) is 1.15. The van der Waals surface area contributed by atoms with Gasteiger partial charge in [0.2, 0.25) is 0 Å². The Morgan fingerprint density at radius 3 is 2.06 bits per heavy atom. The maximum atomic E-state index is 11.5. The zero-order chi connectivity index (χ0) is 13.2. The normalized spacial score (nSPS) is 17.8. The highest BCUT2D eigenvalue weighted by molar-refractivity contribution is 6.07. The molecule has 1 rings (SSSR count). The van der Waals surface area contributed by atoms with Gasteiger partial charge in [0.05, 0.1) is 0 Å². The molecule has 1 aliphatic carbocycles. The summed E-state index contributed by atoms with van der Waals surface area (Å²) in [7, 11) is 0. The monoisotopic (exact) mass is 240 g/mol. The Morgan fingerprint density at radius 2 is 1.65 bits per heavy atom. The van der Waals surface area contributed by atoms with Crippen LogP contribution in [0.3, 0.4) is 0 Å². The quantitative estimate of drug-likeness (QED) is 0.635. The SMILES string of the molecule is CC(C(=O)O)=C(C)C(=O)NC(=O)NC1(C)CC1. The Kier molecular flexibility index (Phi) is 3.55. The van der Waals surface area contributed by atoms with Crippen molar-refractivity contribution in [3.8, 4) is 0 Å². The molecule has 0 bridgehead atoms. The standard InChI is InChI=1S/C11H16N2O4/c1-6(7(2)9(15)16)8(14)12-10(17)13-11(3)4-5-11/h4-5H2,1-3H3,(H,15,16)(H2,12,13,14,17). The highest BCUT2D eigenvalue weighted by Gasteiger charge is 2.39. The van der Waals surface area contributed by atoms with Gasteiger partial charge in [-0.25, -0.2) is 9.59 Å². The first-order valence-electron chi connectivity index (χ1n) is 5.29. The fraction of sp³-hybridized carbons (Fsp3) is 0.545. The van der Waals surface area contributed by atoms with Crippen molar-refractivity contribution in [3.05, 3.63) is 11.1 Å². The van der Waals surface area contributed by atoms with Crippen LogP contribution in [0.2, 0.25) is 0 Å². The highest BCUT2D eigenvalue weighted by atomic mass is 16.4. The van der Waals surface area contributed by atoms with Gasteiger partial charge in [-0.05, 0) is 33.6 Å². The maximum absolute atomic E-state index is 11.5. The number of imide groups is 1. The minimum atomic E-state index is -1.17. The topological polar surface area (TPSA) is 95.5 Å². The van der Waals surface area contributed by atoms with E-state index in [0.717, 1.165) is 12.8 Å². The molecular weight excluding hydrogens is 224 g/mol. The van der Waals surface area contributed by atoms with E-state index < -0.39 is 17.9 Å². The van der Waals surface area contributed by atoms with Crippen molar-refractivity contribution < 1.29 is 19.5 Å². The van der Waals surface area contributed by atoms with Crippen molar-refractivity contribution in [2.75, 3.05) is 0 Å². The van der Waals surface area contributed by atoms with Crippen LogP contribution >= 0.6 is 0 Å². The van der Waals surface area contributed by atoms with Crippen LogP contribution in [0.15, 0.2) is 11.1 Å². The van der Waals surface area contributed by atoms with E-state index in [4.69, 9.17) is 5.11 Å². The average Bonchev–Trinajstić information content (AvgIpc) is 2.92. The van der Waals surface area contributed by atoms with Gasteiger partial charge in [-0.1, -0.05) is 0 Å². The van der Waals surface area contributed by atoms with Crippen molar-refractivity contribution in [2.24, 2.45) is 0 Å². The molecule has 0 aromatic carbocycles. The lowest BCUT2D eigenvalue weighted by molar-refractivity contribution is -0.133. The first-order valence-corrected chi connectivity index (χ1v) is 5.29. The van der Waals surface area contributed by atoms with Gasteiger partial charge in [0.15, 0.2) is 0 Å². The van der Waals surface area contributed by atoms with E-state index >= 15 is 0 Å². The number of carbonyl (C=O) groups excluding carboxylic acids is 2. The minimum Gasteiger partial charge on any atom is -0.478 e. The number of carbonyl (C=O) groups is 3. The molecule has 0 spiro atoms. The molecule has 0 radical (unpaired) electrons. The molecule has 0 aromatic rings. The molecule has 6 heteroatoms. The van der Waals surface area contributed by atoms with Crippen LogP contribution in [-0.4, -0.2) is 28.6 Å². The number of carboxylic acid groups (broad SMARTS) is 1. The summed E-state index contributed by atoms with van der Waals surface area (Å²) in [5, 5.41) is 13.4. The second-order valence-corrected chi connectivity index (χ2v) is 4.52. The Balaban J connectivity index is 2.57. The highest BCUT2D eigenvalue weighted by Crippen LogP contribution is 2.33. The van der Waals surface area contributed by atoms with Gasteiger partial charge in [0, 0.05) is 16.7 Å². The maximum Gasteiger partial charge on any atom is 0.331 e. The van der Waals surface area contributed by atoms with E-state index in [0.29, 0.717) is 0 Å². The molecule has 17 heavy (non-hydrogen) atoms. The first kappa shape index (κ1) is 13.2. The van der Waals surface area contributed by atoms with Crippen LogP contribution in [0.25, 0.3) is 0 Å². The number of hydrogen-bond donors (Lipinski definition) is 3. The minimum absolute atomic E-state index is 0.0219. The second-order valence-electron chi connectivity index (χ2n) is 4.52. The third kappa shape index (κ3) is 3.58. The Morgan fingerprint density at radius 1 is 1.12 bits per heavy atom. The average molecular weight is 240 g/mol. The summed E-state index contributed by atoms with van der Waals surface area (Å²) < 4.78 is 0. The lowest BCUT2D eigenvalue weighted by Crippen LogP contribution is -2.45. The molecule has 0 atom stereocenters. The number of rotatable bonds is 3. The van der Waals surface area contributed by atoms with Crippen molar-refractivity contribution in [1.29, 1.82) is 0 Å². The Bertz CT molecular complexity index is 408. The van der Waals surface area contributed by atoms with Crippen LogP contribution in [0.5, 0.6) is 0 Å². The molecule has 6 nitrogen and oxygen atoms in total. The molecule has 94 valence electrons. The molecule has 1 saturated carbocycles. The number of amides is 3. The van der Waals surface area contributed by atoms with Gasteiger partial charge in [-0.3, -0.25) is 10.1 Å². The van der Waals surface area contributed by atoms with Crippen molar-refractivity contribution in [3.63, 3.8) is 0 Å². The van der Waals surface area contributed by atoms with Crippen LogP contribution in [0.1, 0.15) is 33.6 Å². The zero-order valence-corrected chi connectivity index (χ0v) is 10.1. The van der Waals surface area contributed by atoms with Crippen LogP contribution < -0.4 is 10.6 Å². The Hall–Kier alpha value is -1.85. The summed E-state index contributed by atoms with van der Waals surface area (Å²) in [6.45, 7) is 4.56. The molecule has 0 heterocycles. The molecule has 3 N–H and O–H groups in total. The molecule has 1 aliphatic rings. The number of carboxylic acids is 1. The van der Waals surface area contributed by atoms with Crippen LogP contribution in [-0.2, 0) is 9.59 Å². The summed E-state index contributed by atoms with van der Waals surface area (Å²) in [6.07, 6.45) is 1.77. The summed E-state index contributed by atoms with van der Waals surface area (Å²) >= 11 is 0. The number of aliphatic carboxylic acids is 1. The van der Waals surface area contributed by atoms with E-state index in [1.54, 1.807) is 0 Å². The second kappa shape index (κ2) is 4.57. The largest absolute Gasteiger partial charge is 0.478 e. The molecular formula is C11H16N2O4. The molecule has 0 aromatic heterocycles. The van der Waals surface area contributed by atoms with Crippen LogP contribution in [0, 0.1) is 0 Å². The lowest BCUT2D eigenvalue weighted by atomic mass is 10.1. The number of hydrogen-bond acceptors (Lipinski definition) is 3. The predicted molar refractivity (Wildman–Crippen MR) is 60.3 cm³/mol. The van der Waals surface area contributed by atoms with Crippen molar-refractivity contribution in [2.45, 2.75) is 39.2 Å². The van der Waals surface area contributed by atoms with Gasteiger partial charge < -0.3 is 10.4 Å². The van der Waals surface area contributed by atoms with E-state index in [2.05, 4.69) is 10.6 Å². The number of urea groups is 1. The fourth-order valence-corrected chi connectivity index (χ4v) is 1.15. The Labute approximate surface area is 99.1 Å². The summed E-state index contributed by atoms with van der Waals surface area (Å²) in [4.78, 5) is 33.5. The number of nitrogens with one attached hydrogen (secondary N) is 2. The van der Waals surface area contributed by atoms with E-state index in [1.807, 2.05) is 6.92 Å². The molecule has 0 unspecified atom stereocenters.